The van der Waals surface area contributed by atoms with Gasteiger partial charge >= 0.3 is 0 Å². The predicted octanol–water partition coefficient (Wildman–Crippen LogP) is 3.52. The number of aromatic nitrogens is 3. The zero-order chi connectivity index (χ0) is 17.7. The van der Waals surface area contributed by atoms with Crippen molar-refractivity contribution in [3.8, 4) is 0 Å². The summed E-state index contributed by atoms with van der Waals surface area (Å²) in [4.78, 5) is 9.10. The minimum Gasteiger partial charge on any atom is -0.616 e. The van der Waals surface area contributed by atoms with Crippen molar-refractivity contribution in [2.75, 3.05) is 17.2 Å². The molecule has 0 aliphatic rings. The molecule has 2 N–H and O–H groups in total. The highest BCUT2D eigenvalue weighted by Crippen LogP contribution is 2.26. The Balaban J connectivity index is 2.11. The van der Waals surface area contributed by atoms with E-state index in [1.165, 1.54) is 0 Å². The number of nitrogens with zero attached hydrogens (tertiary/aromatic N) is 3. The Morgan fingerprint density at radius 1 is 1.08 bits per heavy atom. The van der Waals surface area contributed by atoms with Gasteiger partial charge in [0, 0.05) is 18.7 Å². The highest BCUT2D eigenvalue weighted by Gasteiger charge is 2.16. The first-order valence-corrected chi connectivity index (χ1v) is 10.4. The second-order valence-electron chi connectivity index (χ2n) is 6.35. The molecule has 2 rings (SSSR count). The fourth-order valence-corrected chi connectivity index (χ4v) is 4.34. The molecule has 0 aromatic carbocycles. The first-order valence-electron chi connectivity index (χ1n) is 8.96. The van der Waals surface area contributed by atoms with Crippen molar-refractivity contribution in [3.63, 3.8) is 0 Å². The predicted molar refractivity (Wildman–Crippen MR) is 103 cm³/mol. The van der Waals surface area contributed by atoms with Gasteiger partial charge < -0.3 is 14.9 Å². The molecule has 0 spiro atoms. The molecule has 0 saturated carbocycles. The topological polar surface area (TPSA) is 79.8 Å². The summed E-state index contributed by atoms with van der Waals surface area (Å²) in [5, 5.41) is 0. The van der Waals surface area contributed by atoms with Crippen LogP contribution in [0.25, 0.3) is 11.0 Å². The van der Waals surface area contributed by atoms with E-state index in [1.54, 1.807) is 0 Å². The Kier molecular flexibility index (Phi) is 6.92. The van der Waals surface area contributed by atoms with Crippen molar-refractivity contribution in [2.24, 2.45) is 0 Å². The van der Waals surface area contributed by atoms with Gasteiger partial charge in [0.05, 0.1) is 5.52 Å². The number of imidazole rings is 1. The first kappa shape index (κ1) is 19.1. The zero-order valence-corrected chi connectivity index (χ0v) is 16.2. The van der Waals surface area contributed by atoms with Crippen molar-refractivity contribution in [1.82, 2.24) is 14.5 Å². The molecule has 6 heteroatoms. The van der Waals surface area contributed by atoms with Gasteiger partial charge in [0.25, 0.3) is 0 Å². The number of nitrogen functional groups attached to an aromatic ring is 1. The average Bonchev–Trinajstić information content (AvgIpc) is 2.94. The lowest BCUT2D eigenvalue weighted by molar-refractivity contribution is 0.577. The third-order valence-corrected chi connectivity index (χ3v) is 6.01. The number of rotatable bonds is 9. The Hall–Kier alpha value is -1.27. The maximum absolute atomic E-state index is 11.9. The molecular formula is C18H30N4OS. The zero-order valence-electron chi connectivity index (χ0n) is 15.4. The number of hydrogen-bond acceptors (Lipinski definition) is 4. The molecule has 1 atom stereocenters. The summed E-state index contributed by atoms with van der Waals surface area (Å²) in [7, 11) is 0. The van der Waals surface area contributed by atoms with Crippen LogP contribution in [0.4, 0.5) is 5.82 Å². The van der Waals surface area contributed by atoms with E-state index >= 15 is 0 Å². The summed E-state index contributed by atoms with van der Waals surface area (Å²) in [5.41, 5.74) is 10.1. The second kappa shape index (κ2) is 8.72. The van der Waals surface area contributed by atoms with E-state index in [9.17, 15) is 4.55 Å². The summed E-state index contributed by atoms with van der Waals surface area (Å²) in [6.07, 6.45) is 5.04. The van der Waals surface area contributed by atoms with E-state index in [1.807, 2.05) is 6.92 Å². The Bertz CT molecular complexity index is 683. The van der Waals surface area contributed by atoms with E-state index in [0.29, 0.717) is 5.82 Å². The van der Waals surface area contributed by atoms with Gasteiger partial charge in [-0.25, -0.2) is 9.97 Å². The molecule has 2 aromatic rings. The molecule has 0 bridgehead atoms. The van der Waals surface area contributed by atoms with Crippen molar-refractivity contribution >= 4 is 28.0 Å². The number of unbranched alkanes of at least 4 members (excludes halogenated alkanes) is 2. The van der Waals surface area contributed by atoms with E-state index < -0.39 is 11.2 Å². The van der Waals surface area contributed by atoms with Crippen LogP contribution in [-0.4, -0.2) is 30.6 Å². The van der Waals surface area contributed by atoms with Gasteiger partial charge in [0.1, 0.15) is 22.8 Å². The van der Waals surface area contributed by atoms with Crippen molar-refractivity contribution in [3.05, 3.63) is 17.1 Å². The Morgan fingerprint density at radius 2 is 1.79 bits per heavy atom. The van der Waals surface area contributed by atoms with Crippen LogP contribution >= 0.6 is 0 Å². The van der Waals surface area contributed by atoms with E-state index in [0.717, 1.165) is 78.3 Å². The SMILES string of the molecule is CCCC[S+]([O-])CCCCn1c(CC)nc2c(N)nc(C)c(C)c21. The van der Waals surface area contributed by atoms with Gasteiger partial charge in [-0.05, 0) is 38.7 Å². The standard InChI is InChI=1S/C18H30N4OS/c1-5-7-11-24(23)12-9-8-10-22-15(6-2)21-16-17(22)13(3)14(4)20-18(16)19/h5-12H2,1-4H3,(H2,19,20). The molecule has 1 unspecified atom stereocenters. The van der Waals surface area contributed by atoms with Crippen molar-refractivity contribution < 1.29 is 4.55 Å². The van der Waals surface area contributed by atoms with Crippen LogP contribution in [0.5, 0.6) is 0 Å². The largest absolute Gasteiger partial charge is 0.616 e. The lowest BCUT2D eigenvalue weighted by atomic mass is 10.2. The van der Waals surface area contributed by atoms with Gasteiger partial charge in [-0.3, -0.25) is 0 Å². The minimum atomic E-state index is -0.669. The number of hydrogen-bond donors (Lipinski definition) is 1. The van der Waals surface area contributed by atoms with E-state index in [2.05, 4.69) is 30.3 Å². The molecule has 24 heavy (non-hydrogen) atoms. The molecule has 0 fully saturated rings. The molecular weight excluding hydrogens is 320 g/mol. The summed E-state index contributed by atoms with van der Waals surface area (Å²) >= 11 is -0.669. The smallest absolute Gasteiger partial charge is 0.151 e. The van der Waals surface area contributed by atoms with Crippen LogP contribution in [0.3, 0.4) is 0 Å². The average molecular weight is 351 g/mol. The van der Waals surface area contributed by atoms with Gasteiger partial charge in [-0.1, -0.05) is 31.4 Å². The number of pyridine rings is 1. The monoisotopic (exact) mass is 350 g/mol. The molecule has 0 radical (unpaired) electrons. The molecule has 0 saturated heterocycles. The highest BCUT2D eigenvalue weighted by atomic mass is 32.2. The van der Waals surface area contributed by atoms with E-state index in [-0.39, 0.29) is 0 Å². The molecule has 2 heterocycles. The molecule has 0 aliphatic carbocycles. The van der Waals surface area contributed by atoms with Gasteiger partial charge in [0.2, 0.25) is 0 Å². The number of anilines is 1. The lowest BCUT2D eigenvalue weighted by Crippen LogP contribution is -2.12. The summed E-state index contributed by atoms with van der Waals surface area (Å²) < 4.78 is 14.2. The third kappa shape index (κ3) is 4.22. The maximum Gasteiger partial charge on any atom is 0.151 e. The van der Waals surface area contributed by atoms with Crippen LogP contribution in [0.1, 0.15) is 56.6 Å². The minimum absolute atomic E-state index is 0.516. The van der Waals surface area contributed by atoms with Gasteiger partial charge in [-0.2, -0.15) is 0 Å². The van der Waals surface area contributed by atoms with E-state index in [4.69, 9.17) is 10.7 Å². The number of aryl methyl sites for hydroxylation is 4. The normalized spacial score (nSPS) is 12.9. The highest BCUT2D eigenvalue weighted by molar-refractivity contribution is 7.91. The van der Waals surface area contributed by atoms with Crippen LogP contribution in [0, 0.1) is 13.8 Å². The molecule has 134 valence electrons. The second-order valence-corrected chi connectivity index (χ2v) is 8.04. The van der Waals surface area contributed by atoms with Gasteiger partial charge in [0.15, 0.2) is 5.82 Å². The number of nitrogens with two attached hydrogens (primary N) is 1. The fraction of sp³-hybridized carbons (Fsp3) is 0.667. The summed E-state index contributed by atoms with van der Waals surface area (Å²) in [5.74, 6) is 3.21. The maximum atomic E-state index is 11.9. The van der Waals surface area contributed by atoms with Crippen LogP contribution in [0.2, 0.25) is 0 Å². The van der Waals surface area contributed by atoms with Crippen molar-refractivity contribution in [1.29, 1.82) is 0 Å². The molecule has 0 amide bonds. The van der Waals surface area contributed by atoms with Crippen LogP contribution in [-0.2, 0) is 24.1 Å². The quantitative estimate of drug-likeness (QED) is 0.554. The van der Waals surface area contributed by atoms with Gasteiger partial charge in [-0.15, -0.1) is 0 Å². The number of fused-ring (bicyclic) bond motifs is 1. The summed E-state index contributed by atoms with van der Waals surface area (Å²) in [6.45, 7) is 9.22. The van der Waals surface area contributed by atoms with Crippen molar-refractivity contribution in [2.45, 2.75) is 66.3 Å². The molecule has 5 nitrogen and oxygen atoms in total. The molecule has 2 aromatic heterocycles. The van der Waals surface area contributed by atoms with Crippen LogP contribution < -0.4 is 5.73 Å². The fourth-order valence-electron chi connectivity index (χ4n) is 3.00. The Morgan fingerprint density at radius 3 is 2.46 bits per heavy atom. The third-order valence-electron chi connectivity index (χ3n) is 4.52. The lowest BCUT2D eigenvalue weighted by Gasteiger charge is -2.13. The first-order chi connectivity index (χ1) is 11.5. The van der Waals surface area contributed by atoms with Crippen LogP contribution in [0.15, 0.2) is 0 Å². The Labute approximate surface area is 148 Å². The molecule has 0 aliphatic heterocycles. The summed E-state index contributed by atoms with van der Waals surface area (Å²) in [6, 6.07) is 0.